The van der Waals surface area contributed by atoms with Gasteiger partial charge in [-0.3, -0.25) is 9.78 Å². The van der Waals surface area contributed by atoms with Gasteiger partial charge in [-0.2, -0.15) is 0 Å². The first-order valence-electron chi connectivity index (χ1n) is 11.0. The van der Waals surface area contributed by atoms with Gasteiger partial charge in [-0.15, -0.1) is 0 Å². The molecule has 0 saturated heterocycles. The summed E-state index contributed by atoms with van der Waals surface area (Å²) in [6.07, 6.45) is 5.80. The van der Waals surface area contributed by atoms with Crippen molar-refractivity contribution in [3.63, 3.8) is 0 Å². The molecule has 1 N–H and O–H groups in total. The zero-order chi connectivity index (χ0) is 21.1. The van der Waals surface area contributed by atoms with E-state index in [0.717, 1.165) is 40.9 Å². The van der Waals surface area contributed by atoms with Crippen LogP contribution < -0.4 is 5.32 Å². The van der Waals surface area contributed by atoms with Gasteiger partial charge in [0, 0.05) is 11.6 Å². The summed E-state index contributed by atoms with van der Waals surface area (Å²) in [7, 11) is 0. The Kier molecular flexibility index (Phi) is 5.98. The van der Waals surface area contributed by atoms with Gasteiger partial charge in [-0.25, -0.2) is 0 Å². The summed E-state index contributed by atoms with van der Waals surface area (Å²) < 4.78 is 0. The predicted octanol–water partition coefficient (Wildman–Crippen LogP) is 6.40. The van der Waals surface area contributed by atoms with Crippen molar-refractivity contribution < 1.29 is 4.79 Å². The Morgan fingerprint density at radius 2 is 1.40 bits per heavy atom. The molecule has 0 spiro atoms. The zero-order valence-electron chi connectivity index (χ0n) is 18.2. The van der Waals surface area contributed by atoms with Crippen LogP contribution in [0.1, 0.15) is 59.3 Å². The number of aryl methyl sites for hydroxylation is 3. The van der Waals surface area contributed by atoms with Crippen LogP contribution in [0.4, 0.5) is 0 Å². The highest BCUT2D eigenvalue weighted by Gasteiger charge is 2.22. The smallest absolute Gasteiger partial charge is 0.253 e. The molecule has 1 saturated carbocycles. The fourth-order valence-corrected chi connectivity index (χ4v) is 4.30. The molecule has 3 nitrogen and oxygen atoms in total. The van der Waals surface area contributed by atoms with Crippen LogP contribution >= 0.6 is 0 Å². The molecule has 3 aromatic rings. The number of hydrogen-bond acceptors (Lipinski definition) is 2. The predicted molar refractivity (Wildman–Crippen MR) is 124 cm³/mol. The molecule has 3 heteroatoms. The fraction of sp³-hybridized carbons (Fsp3) is 0.333. The van der Waals surface area contributed by atoms with E-state index in [2.05, 4.69) is 73.8 Å². The molecule has 4 rings (SSSR count). The van der Waals surface area contributed by atoms with Gasteiger partial charge in [0.25, 0.3) is 5.91 Å². The number of nitrogens with zero attached hydrogens (tertiary/aromatic N) is 1. The topological polar surface area (TPSA) is 42.0 Å². The van der Waals surface area contributed by atoms with Gasteiger partial charge in [-0.05, 0) is 50.8 Å². The van der Waals surface area contributed by atoms with Gasteiger partial charge < -0.3 is 5.32 Å². The Morgan fingerprint density at radius 3 is 2.00 bits per heavy atom. The minimum absolute atomic E-state index is 0.00192. The average molecular weight is 399 g/mol. The van der Waals surface area contributed by atoms with E-state index < -0.39 is 0 Å². The van der Waals surface area contributed by atoms with Gasteiger partial charge in [0.05, 0.1) is 17.0 Å². The molecule has 0 atom stereocenters. The summed E-state index contributed by atoms with van der Waals surface area (Å²) in [6.45, 7) is 6.11. The number of amides is 1. The molecule has 0 unspecified atom stereocenters. The van der Waals surface area contributed by atoms with E-state index in [1.807, 2.05) is 6.92 Å². The van der Waals surface area contributed by atoms with E-state index in [4.69, 9.17) is 4.98 Å². The van der Waals surface area contributed by atoms with Crippen LogP contribution in [-0.4, -0.2) is 16.9 Å². The number of pyridine rings is 1. The second-order valence-corrected chi connectivity index (χ2v) is 8.56. The van der Waals surface area contributed by atoms with Gasteiger partial charge in [0.1, 0.15) is 0 Å². The quantitative estimate of drug-likeness (QED) is 0.552. The lowest BCUT2D eigenvalue weighted by molar-refractivity contribution is 0.0927. The average Bonchev–Trinajstić information content (AvgIpc) is 2.75. The monoisotopic (exact) mass is 398 g/mol. The Morgan fingerprint density at radius 1 is 0.833 bits per heavy atom. The Hall–Kier alpha value is -2.94. The number of hydrogen-bond donors (Lipinski definition) is 1. The number of nitrogens with one attached hydrogen (secondary N) is 1. The number of aromatic nitrogens is 1. The molecular weight excluding hydrogens is 368 g/mol. The third-order valence-electron chi connectivity index (χ3n) is 6.08. The Labute approximate surface area is 179 Å². The van der Waals surface area contributed by atoms with Gasteiger partial charge in [-0.1, -0.05) is 78.9 Å². The summed E-state index contributed by atoms with van der Waals surface area (Å²) in [5, 5.41) is 3.29. The third-order valence-corrected chi connectivity index (χ3v) is 6.08. The minimum Gasteiger partial charge on any atom is -0.349 e. The highest BCUT2D eigenvalue weighted by atomic mass is 16.1. The second kappa shape index (κ2) is 8.83. The summed E-state index contributed by atoms with van der Waals surface area (Å²) >= 11 is 0. The Balaban J connectivity index is 1.78. The summed E-state index contributed by atoms with van der Waals surface area (Å²) in [5.74, 6) is -0.00192. The highest BCUT2D eigenvalue weighted by Crippen LogP contribution is 2.31. The molecule has 30 heavy (non-hydrogen) atoms. The molecule has 1 amide bonds. The summed E-state index contributed by atoms with van der Waals surface area (Å²) in [5.41, 5.74) is 7.86. The van der Waals surface area contributed by atoms with Crippen molar-refractivity contribution >= 4 is 5.91 Å². The maximum Gasteiger partial charge on any atom is 0.253 e. The first-order valence-corrected chi connectivity index (χ1v) is 11.0. The van der Waals surface area contributed by atoms with Crippen molar-refractivity contribution in [2.45, 2.75) is 58.9 Å². The number of rotatable bonds is 4. The van der Waals surface area contributed by atoms with Crippen molar-refractivity contribution in [2.24, 2.45) is 0 Å². The molecule has 0 bridgehead atoms. The van der Waals surface area contributed by atoms with Crippen LogP contribution in [0.2, 0.25) is 0 Å². The van der Waals surface area contributed by atoms with E-state index in [0.29, 0.717) is 5.56 Å². The van der Waals surface area contributed by atoms with Crippen LogP contribution in [0.5, 0.6) is 0 Å². The first kappa shape index (κ1) is 20.3. The largest absolute Gasteiger partial charge is 0.349 e. The van der Waals surface area contributed by atoms with Crippen molar-refractivity contribution in [1.82, 2.24) is 10.3 Å². The third kappa shape index (κ3) is 4.46. The van der Waals surface area contributed by atoms with E-state index in [9.17, 15) is 4.79 Å². The molecule has 1 aromatic heterocycles. The second-order valence-electron chi connectivity index (χ2n) is 8.56. The fourth-order valence-electron chi connectivity index (χ4n) is 4.30. The van der Waals surface area contributed by atoms with Gasteiger partial charge >= 0.3 is 0 Å². The van der Waals surface area contributed by atoms with E-state index in [-0.39, 0.29) is 11.9 Å². The maximum atomic E-state index is 13.3. The van der Waals surface area contributed by atoms with Crippen molar-refractivity contribution in [2.75, 3.05) is 0 Å². The van der Waals surface area contributed by atoms with Crippen molar-refractivity contribution in [3.05, 3.63) is 77.0 Å². The normalized spacial score (nSPS) is 14.5. The lowest BCUT2D eigenvalue weighted by Gasteiger charge is -2.24. The van der Waals surface area contributed by atoms with Crippen molar-refractivity contribution in [3.8, 4) is 22.4 Å². The summed E-state index contributed by atoms with van der Waals surface area (Å²) in [4.78, 5) is 18.2. The van der Waals surface area contributed by atoms with Gasteiger partial charge in [0.2, 0.25) is 0 Å². The highest BCUT2D eigenvalue weighted by molar-refractivity contribution is 6.02. The molecule has 1 heterocycles. The molecule has 1 aliphatic carbocycles. The van der Waals surface area contributed by atoms with E-state index >= 15 is 0 Å². The standard InChI is InChI=1S/C27H30N2O/c1-18-9-13-21(14-10-18)24-17-25(22-15-11-19(2)12-16-22)28-20(3)26(24)27(30)29-23-7-5-4-6-8-23/h9-17,23H,4-8H2,1-3H3,(H,29,30). The number of benzene rings is 2. The molecule has 1 aliphatic rings. The summed E-state index contributed by atoms with van der Waals surface area (Å²) in [6, 6.07) is 19.1. The molecule has 1 fully saturated rings. The SMILES string of the molecule is Cc1ccc(-c2cc(-c3ccc(C)cc3)c(C(=O)NC3CCCCC3)c(C)n2)cc1. The maximum absolute atomic E-state index is 13.3. The molecule has 154 valence electrons. The van der Waals surface area contributed by atoms with E-state index in [1.54, 1.807) is 0 Å². The lowest BCUT2D eigenvalue weighted by atomic mass is 9.93. The van der Waals surface area contributed by atoms with Crippen LogP contribution in [0.3, 0.4) is 0 Å². The molecular formula is C27H30N2O. The van der Waals surface area contributed by atoms with Crippen LogP contribution in [0, 0.1) is 20.8 Å². The number of carbonyl (C=O) groups is 1. The minimum atomic E-state index is -0.00192. The number of carbonyl (C=O) groups excluding carboxylic acids is 1. The molecule has 0 aliphatic heterocycles. The van der Waals surface area contributed by atoms with Gasteiger partial charge in [0.15, 0.2) is 0 Å². The van der Waals surface area contributed by atoms with Crippen LogP contribution in [0.15, 0.2) is 54.6 Å². The molecule has 0 radical (unpaired) electrons. The van der Waals surface area contributed by atoms with Crippen LogP contribution in [0.25, 0.3) is 22.4 Å². The Bertz CT molecular complexity index is 1030. The van der Waals surface area contributed by atoms with E-state index in [1.165, 1.54) is 30.4 Å². The zero-order valence-corrected chi connectivity index (χ0v) is 18.2. The van der Waals surface area contributed by atoms with Crippen LogP contribution in [-0.2, 0) is 0 Å². The lowest BCUT2D eigenvalue weighted by Crippen LogP contribution is -2.36. The van der Waals surface area contributed by atoms with Crippen molar-refractivity contribution in [1.29, 1.82) is 0 Å². The molecule has 2 aromatic carbocycles. The first-order chi connectivity index (χ1) is 14.5.